The highest BCUT2D eigenvalue weighted by Crippen LogP contribution is 2.22. The number of aromatic nitrogens is 1. The molecule has 1 amide bonds. The molecule has 1 saturated heterocycles. The van der Waals surface area contributed by atoms with Crippen LogP contribution in [0.25, 0.3) is 0 Å². The van der Waals surface area contributed by atoms with Gasteiger partial charge in [0, 0.05) is 26.7 Å². The number of anilines is 1. The number of nitrogens with one attached hydrogen (secondary N) is 2. The fourth-order valence-electron chi connectivity index (χ4n) is 2.79. The van der Waals surface area contributed by atoms with E-state index in [4.69, 9.17) is 4.74 Å². The summed E-state index contributed by atoms with van der Waals surface area (Å²) in [6.45, 7) is 3.78. The maximum atomic E-state index is 12.4. The SMILES string of the molecule is CNc1ncc(C(=O)NCC(c2ccccc2)N2CCOCC2)s1. The van der Waals surface area contributed by atoms with Crippen molar-refractivity contribution in [3.8, 4) is 0 Å². The Labute approximate surface area is 145 Å². The lowest BCUT2D eigenvalue weighted by molar-refractivity contribution is 0.0162. The molecule has 6 nitrogen and oxygen atoms in total. The molecule has 2 heterocycles. The minimum Gasteiger partial charge on any atom is -0.379 e. The number of ether oxygens (including phenoxy) is 1. The lowest BCUT2D eigenvalue weighted by Crippen LogP contribution is -2.43. The standard InChI is InChI=1S/C17H22N4O2S/c1-18-17-20-12-15(24-17)16(22)19-11-14(13-5-3-2-4-6-13)21-7-9-23-10-8-21/h2-6,12,14H,7-11H2,1H3,(H,18,20)(H,19,22). The van der Waals surface area contributed by atoms with Gasteiger partial charge in [-0.3, -0.25) is 9.69 Å². The zero-order chi connectivity index (χ0) is 16.8. The van der Waals surface area contributed by atoms with E-state index in [1.165, 1.54) is 16.9 Å². The quantitative estimate of drug-likeness (QED) is 0.837. The molecule has 7 heteroatoms. The number of benzene rings is 1. The fraction of sp³-hybridized carbons (Fsp3) is 0.412. The summed E-state index contributed by atoms with van der Waals surface area (Å²) in [6.07, 6.45) is 1.61. The minimum absolute atomic E-state index is 0.0804. The van der Waals surface area contributed by atoms with Crippen molar-refractivity contribution in [3.05, 3.63) is 47.0 Å². The maximum absolute atomic E-state index is 12.4. The van der Waals surface area contributed by atoms with Gasteiger partial charge in [0.05, 0.1) is 25.5 Å². The Kier molecular flexibility index (Phi) is 5.79. The molecule has 0 bridgehead atoms. The molecule has 2 aromatic rings. The number of carbonyl (C=O) groups is 1. The van der Waals surface area contributed by atoms with Gasteiger partial charge in [-0.1, -0.05) is 41.7 Å². The zero-order valence-corrected chi connectivity index (χ0v) is 14.5. The predicted molar refractivity (Wildman–Crippen MR) is 95.6 cm³/mol. The fourth-order valence-corrected chi connectivity index (χ4v) is 3.48. The molecule has 0 radical (unpaired) electrons. The highest BCUT2D eigenvalue weighted by Gasteiger charge is 2.23. The van der Waals surface area contributed by atoms with Crippen LogP contribution in [0.4, 0.5) is 5.13 Å². The molecule has 0 aliphatic carbocycles. The van der Waals surface area contributed by atoms with Crippen molar-refractivity contribution >= 4 is 22.4 Å². The number of thiazole rings is 1. The van der Waals surface area contributed by atoms with Gasteiger partial charge in [0.15, 0.2) is 5.13 Å². The highest BCUT2D eigenvalue weighted by atomic mass is 32.1. The van der Waals surface area contributed by atoms with Crippen LogP contribution >= 0.6 is 11.3 Å². The first-order chi connectivity index (χ1) is 11.8. The van der Waals surface area contributed by atoms with E-state index >= 15 is 0 Å². The van der Waals surface area contributed by atoms with Crippen LogP contribution in [-0.4, -0.2) is 55.7 Å². The molecule has 1 aromatic carbocycles. The Balaban J connectivity index is 1.68. The molecule has 0 saturated carbocycles. The Hall–Kier alpha value is -1.96. The molecule has 1 unspecified atom stereocenters. The van der Waals surface area contributed by atoms with E-state index in [2.05, 4.69) is 32.7 Å². The van der Waals surface area contributed by atoms with Crippen LogP contribution in [0.3, 0.4) is 0 Å². The summed E-state index contributed by atoms with van der Waals surface area (Å²) >= 11 is 1.36. The van der Waals surface area contributed by atoms with Crippen LogP contribution in [0.2, 0.25) is 0 Å². The largest absolute Gasteiger partial charge is 0.379 e. The average molecular weight is 346 g/mol. The number of rotatable bonds is 6. The Morgan fingerprint density at radius 3 is 2.75 bits per heavy atom. The Morgan fingerprint density at radius 1 is 1.33 bits per heavy atom. The van der Waals surface area contributed by atoms with Crippen LogP contribution < -0.4 is 10.6 Å². The minimum atomic E-state index is -0.0804. The van der Waals surface area contributed by atoms with Gasteiger partial charge in [-0.15, -0.1) is 0 Å². The third kappa shape index (κ3) is 4.11. The molecule has 1 aromatic heterocycles. The van der Waals surface area contributed by atoms with Crippen LogP contribution in [0.5, 0.6) is 0 Å². The molecule has 24 heavy (non-hydrogen) atoms. The van der Waals surface area contributed by atoms with Crippen molar-refractivity contribution in [2.24, 2.45) is 0 Å². The van der Waals surface area contributed by atoms with Crippen molar-refractivity contribution in [2.45, 2.75) is 6.04 Å². The molecule has 1 aliphatic heterocycles. The third-order valence-electron chi connectivity index (χ3n) is 4.07. The van der Waals surface area contributed by atoms with Gasteiger partial charge in [0.25, 0.3) is 5.91 Å². The molecule has 128 valence electrons. The lowest BCUT2D eigenvalue weighted by Gasteiger charge is -2.34. The first-order valence-electron chi connectivity index (χ1n) is 8.06. The van der Waals surface area contributed by atoms with Crippen LogP contribution in [-0.2, 0) is 4.74 Å². The zero-order valence-electron chi connectivity index (χ0n) is 13.7. The van der Waals surface area contributed by atoms with Crippen molar-refractivity contribution in [2.75, 3.05) is 45.2 Å². The smallest absolute Gasteiger partial charge is 0.263 e. The van der Waals surface area contributed by atoms with E-state index in [-0.39, 0.29) is 11.9 Å². The van der Waals surface area contributed by atoms with Crippen molar-refractivity contribution < 1.29 is 9.53 Å². The van der Waals surface area contributed by atoms with Gasteiger partial charge in [-0.2, -0.15) is 0 Å². The first-order valence-corrected chi connectivity index (χ1v) is 8.88. The number of morpholine rings is 1. The van der Waals surface area contributed by atoms with E-state index in [0.717, 1.165) is 31.4 Å². The van der Waals surface area contributed by atoms with Gasteiger partial charge in [-0.25, -0.2) is 4.98 Å². The van der Waals surface area contributed by atoms with Crippen molar-refractivity contribution in [1.29, 1.82) is 0 Å². The first kappa shape index (κ1) is 16.9. The van der Waals surface area contributed by atoms with Gasteiger partial charge in [0.1, 0.15) is 4.88 Å². The number of hydrogen-bond acceptors (Lipinski definition) is 6. The normalized spacial score (nSPS) is 16.5. The topological polar surface area (TPSA) is 66.5 Å². The summed E-state index contributed by atoms with van der Waals surface area (Å²) in [7, 11) is 1.80. The summed E-state index contributed by atoms with van der Waals surface area (Å²) in [5.74, 6) is -0.0804. The monoisotopic (exact) mass is 346 g/mol. The van der Waals surface area contributed by atoms with Crippen molar-refractivity contribution in [3.63, 3.8) is 0 Å². The number of hydrogen-bond donors (Lipinski definition) is 2. The van der Waals surface area contributed by atoms with Gasteiger partial charge in [0.2, 0.25) is 0 Å². The maximum Gasteiger partial charge on any atom is 0.263 e. The molecule has 2 N–H and O–H groups in total. The molecular formula is C17H22N4O2S. The van der Waals surface area contributed by atoms with Gasteiger partial charge < -0.3 is 15.4 Å². The van der Waals surface area contributed by atoms with Gasteiger partial charge >= 0.3 is 0 Å². The van der Waals surface area contributed by atoms with Crippen LogP contribution in [0.1, 0.15) is 21.3 Å². The molecule has 1 atom stereocenters. The van der Waals surface area contributed by atoms with E-state index in [1.807, 2.05) is 18.2 Å². The average Bonchev–Trinajstić information content (AvgIpc) is 3.13. The lowest BCUT2D eigenvalue weighted by atomic mass is 10.0. The van der Waals surface area contributed by atoms with E-state index in [1.54, 1.807) is 13.2 Å². The van der Waals surface area contributed by atoms with Crippen molar-refractivity contribution in [1.82, 2.24) is 15.2 Å². The number of amides is 1. The molecule has 1 fully saturated rings. The predicted octanol–water partition coefficient (Wildman–Crippen LogP) is 1.99. The Bertz CT molecular complexity index is 656. The number of carbonyl (C=O) groups excluding carboxylic acids is 1. The second-order valence-corrected chi connectivity index (χ2v) is 6.60. The third-order valence-corrected chi connectivity index (χ3v) is 5.08. The highest BCUT2D eigenvalue weighted by molar-refractivity contribution is 7.17. The van der Waals surface area contributed by atoms with E-state index < -0.39 is 0 Å². The molecule has 1 aliphatic rings. The molecular weight excluding hydrogens is 324 g/mol. The number of nitrogens with zero attached hydrogens (tertiary/aromatic N) is 2. The summed E-state index contributed by atoms with van der Waals surface area (Å²) in [6, 6.07) is 10.4. The second kappa shape index (κ2) is 8.23. The molecule has 3 rings (SSSR count). The second-order valence-electron chi connectivity index (χ2n) is 5.56. The van der Waals surface area contributed by atoms with Crippen LogP contribution in [0.15, 0.2) is 36.5 Å². The Morgan fingerprint density at radius 2 is 2.08 bits per heavy atom. The summed E-state index contributed by atoms with van der Waals surface area (Å²) in [5.41, 5.74) is 1.21. The van der Waals surface area contributed by atoms with Gasteiger partial charge in [-0.05, 0) is 5.56 Å². The molecule has 0 spiro atoms. The van der Waals surface area contributed by atoms with E-state index in [9.17, 15) is 4.79 Å². The summed E-state index contributed by atoms with van der Waals surface area (Å²) in [4.78, 5) is 19.5. The van der Waals surface area contributed by atoms with Crippen LogP contribution in [0, 0.1) is 0 Å². The summed E-state index contributed by atoms with van der Waals surface area (Å²) in [5, 5.41) is 6.75. The van der Waals surface area contributed by atoms with E-state index in [0.29, 0.717) is 11.4 Å². The summed E-state index contributed by atoms with van der Waals surface area (Å²) < 4.78 is 5.45.